The lowest BCUT2D eigenvalue weighted by Crippen LogP contribution is -2.49. The summed E-state index contributed by atoms with van der Waals surface area (Å²) in [7, 11) is 0. The molecule has 0 bridgehead atoms. The molecule has 1 unspecified atom stereocenters. The van der Waals surface area contributed by atoms with Gasteiger partial charge in [0.05, 0.1) is 0 Å². The van der Waals surface area contributed by atoms with Crippen molar-refractivity contribution in [3.05, 3.63) is 29.8 Å². The van der Waals surface area contributed by atoms with Gasteiger partial charge in [0.1, 0.15) is 17.8 Å². The zero-order valence-electron chi connectivity index (χ0n) is 11.2. The van der Waals surface area contributed by atoms with Crippen LogP contribution in [0, 0.1) is 0 Å². The Hall–Kier alpha value is -2.57. The van der Waals surface area contributed by atoms with E-state index >= 15 is 0 Å². The summed E-state index contributed by atoms with van der Waals surface area (Å²) in [6, 6.07) is 4.34. The molecule has 2 atom stereocenters. The fourth-order valence-corrected chi connectivity index (χ4v) is 2.15. The van der Waals surface area contributed by atoms with Gasteiger partial charge in [0.25, 0.3) is 0 Å². The standard InChI is InChI=1S/C14H16N2O5/c17-9-3-1-8(2-4-9)7-11(14(20)21)16-13(19)10-5-6-12(18)15-10/h1-4,10-11,17H,5-7H2,(H,15,18)(H,16,19)(H,20,21)/t10-,11?/m1/s1. The van der Waals surface area contributed by atoms with Gasteiger partial charge in [-0.3, -0.25) is 9.59 Å². The van der Waals surface area contributed by atoms with Crippen LogP contribution in [0.1, 0.15) is 18.4 Å². The van der Waals surface area contributed by atoms with Gasteiger partial charge in [0.15, 0.2) is 0 Å². The predicted molar refractivity (Wildman–Crippen MR) is 72.5 cm³/mol. The fraction of sp³-hybridized carbons (Fsp3) is 0.357. The molecule has 7 heteroatoms. The summed E-state index contributed by atoms with van der Waals surface area (Å²) in [5.74, 6) is -1.77. The molecule has 4 N–H and O–H groups in total. The van der Waals surface area contributed by atoms with E-state index in [2.05, 4.69) is 10.6 Å². The molecule has 0 saturated carbocycles. The molecule has 0 spiro atoms. The van der Waals surface area contributed by atoms with Crippen LogP contribution < -0.4 is 10.6 Å². The molecule has 1 fully saturated rings. The van der Waals surface area contributed by atoms with Crippen LogP contribution in [0.15, 0.2) is 24.3 Å². The largest absolute Gasteiger partial charge is 0.508 e. The molecule has 1 aromatic rings. The van der Waals surface area contributed by atoms with Crippen LogP contribution in [0.2, 0.25) is 0 Å². The number of nitrogens with one attached hydrogen (secondary N) is 2. The first-order valence-electron chi connectivity index (χ1n) is 6.56. The third-order valence-electron chi connectivity index (χ3n) is 3.30. The third kappa shape index (κ3) is 3.95. The van der Waals surface area contributed by atoms with E-state index in [1.54, 1.807) is 12.1 Å². The maximum Gasteiger partial charge on any atom is 0.326 e. The van der Waals surface area contributed by atoms with Gasteiger partial charge in [0, 0.05) is 12.8 Å². The minimum absolute atomic E-state index is 0.0864. The molecule has 2 rings (SSSR count). The van der Waals surface area contributed by atoms with Gasteiger partial charge in [-0.05, 0) is 24.1 Å². The summed E-state index contributed by atoms with van der Waals surface area (Å²) in [5, 5.41) is 23.3. The van der Waals surface area contributed by atoms with Gasteiger partial charge in [-0.2, -0.15) is 0 Å². The van der Waals surface area contributed by atoms with Crippen LogP contribution in [0.5, 0.6) is 5.75 Å². The number of benzene rings is 1. The van der Waals surface area contributed by atoms with Crippen LogP contribution in [0.25, 0.3) is 0 Å². The van der Waals surface area contributed by atoms with Gasteiger partial charge in [-0.25, -0.2) is 4.79 Å². The van der Waals surface area contributed by atoms with Crippen molar-refractivity contribution in [2.75, 3.05) is 0 Å². The quantitative estimate of drug-likeness (QED) is 0.599. The van der Waals surface area contributed by atoms with E-state index in [1.807, 2.05) is 0 Å². The zero-order chi connectivity index (χ0) is 15.4. The van der Waals surface area contributed by atoms with Crippen molar-refractivity contribution in [1.82, 2.24) is 10.6 Å². The molecular weight excluding hydrogens is 276 g/mol. The van der Waals surface area contributed by atoms with Gasteiger partial charge in [-0.1, -0.05) is 12.1 Å². The first kappa shape index (κ1) is 14.8. The summed E-state index contributed by atoms with van der Waals surface area (Å²) in [6.45, 7) is 0. The van der Waals surface area contributed by atoms with E-state index in [-0.39, 0.29) is 24.5 Å². The summed E-state index contributed by atoms with van der Waals surface area (Å²) in [6.07, 6.45) is 0.742. The van der Waals surface area contributed by atoms with Crippen LogP contribution >= 0.6 is 0 Å². The second-order valence-corrected chi connectivity index (χ2v) is 4.93. The molecular formula is C14H16N2O5. The summed E-state index contributed by atoms with van der Waals surface area (Å²) in [5.41, 5.74) is 0.677. The van der Waals surface area contributed by atoms with E-state index in [4.69, 9.17) is 0 Å². The van der Waals surface area contributed by atoms with E-state index in [1.165, 1.54) is 12.1 Å². The number of amides is 2. The SMILES string of the molecule is O=C1CC[C@H](C(=O)NC(Cc2ccc(O)cc2)C(=O)O)N1. The molecule has 2 amide bonds. The highest BCUT2D eigenvalue weighted by atomic mass is 16.4. The molecule has 0 radical (unpaired) electrons. The van der Waals surface area contributed by atoms with Crippen LogP contribution in [0.4, 0.5) is 0 Å². The minimum Gasteiger partial charge on any atom is -0.508 e. The maximum atomic E-state index is 11.9. The number of phenolic OH excluding ortho intramolecular Hbond substituents is 1. The van der Waals surface area contributed by atoms with E-state index in [0.717, 1.165) is 0 Å². The highest BCUT2D eigenvalue weighted by Gasteiger charge is 2.30. The molecule has 7 nitrogen and oxygen atoms in total. The van der Waals surface area contributed by atoms with E-state index in [9.17, 15) is 24.6 Å². The Morgan fingerprint density at radius 3 is 2.52 bits per heavy atom. The van der Waals surface area contributed by atoms with Crippen LogP contribution in [-0.4, -0.2) is 40.1 Å². The Kier molecular flexibility index (Phi) is 4.42. The number of hydrogen-bond acceptors (Lipinski definition) is 4. The Morgan fingerprint density at radius 2 is 2.00 bits per heavy atom. The van der Waals surface area contributed by atoms with E-state index in [0.29, 0.717) is 12.0 Å². The van der Waals surface area contributed by atoms with Gasteiger partial charge < -0.3 is 20.8 Å². The Morgan fingerprint density at radius 1 is 1.33 bits per heavy atom. The first-order chi connectivity index (χ1) is 9.95. The van der Waals surface area contributed by atoms with Crippen molar-refractivity contribution < 1.29 is 24.6 Å². The number of carbonyl (C=O) groups excluding carboxylic acids is 2. The lowest BCUT2D eigenvalue weighted by Gasteiger charge is -2.17. The molecule has 1 saturated heterocycles. The number of aromatic hydroxyl groups is 1. The molecule has 1 aliphatic heterocycles. The van der Waals surface area contributed by atoms with Crippen molar-refractivity contribution in [2.45, 2.75) is 31.3 Å². The molecule has 112 valence electrons. The number of carbonyl (C=O) groups is 3. The third-order valence-corrected chi connectivity index (χ3v) is 3.30. The Balaban J connectivity index is 1.99. The Labute approximate surface area is 121 Å². The van der Waals surface area contributed by atoms with Crippen LogP contribution in [-0.2, 0) is 20.8 Å². The number of hydrogen-bond donors (Lipinski definition) is 4. The van der Waals surface area contributed by atoms with Crippen molar-refractivity contribution in [3.63, 3.8) is 0 Å². The van der Waals surface area contributed by atoms with Crippen molar-refractivity contribution in [1.29, 1.82) is 0 Å². The Bertz CT molecular complexity index is 555. The predicted octanol–water partition coefficient (Wildman–Crippen LogP) is -0.217. The highest BCUT2D eigenvalue weighted by Crippen LogP contribution is 2.12. The summed E-state index contributed by atoms with van der Waals surface area (Å²) in [4.78, 5) is 34.2. The molecule has 0 aromatic heterocycles. The minimum atomic E-state index is -1.15. The van der Waals surface area contributed by atoms with Gasteiger partial charge in [-0.15, -0.1) is 0 Å². The average molecular weight is 292 g/mol. The van der Waals surface area contributed by atoms with Crippen LogP contribution in [0.3, 0.4) is 0 Å². The second-order valence-electron chi connectivity index (χ2n) is 4.93. The highest BCUT2D eigenvalue weighted by molar-refractivity contribution is 5.92. The monoisotopic (exact) mass is 292 g/mol. The molecule has 21 heavy (non-hydrogen) atoms. The molecule has 1 heterocycles. The number of carboxylic acids is 1. The van der Waals surface area contributed by atoms with Gasteiger partial charge in [0.2, 0.25) is 11.8 Å². The summed E-state index contributed by atoms with van der Waals surface area (Å²) >= 11 is 0. The zero-order valence-corrected chi connectivity index (χ0v) is 11.2. The first-order valence-corrected chi connectivity index (χ1v) is 6.56. The van der Waals surface area contributed by atoms with Gasteiger partial charge >= 0.3 is 5.97 Å². The van der Waals surface area contributed by atoms with Crippen molar-refractivity contribution in [3.8, 4) is 5.75 Å². The molecule has 1 aromatic carbocycles. The second kappa shape index (κ2) is 6.25. The van der Waals surface area contributed by atoms with E-state index < -0.39 is 24.0 Å². The molecule has 0 aliphatic carbocycles. The normalized spacial score (nSPS) is 18.9. The lowest BCUT2D eigenvalue weighted by atomic mass is 10.1. The smallest absolute Gasteiger partial charge is 0.326 e. The van der Waals surface area contributed by atoms with Crippen molar-refractivity contribution >= 4 is 17.8 Å². The molecule has 1 aliphatic rings. The average Bonchev–Trinajstić information content (AvgIpc) is 2.87. The topological polar surface area (TPSA) is 116 Å². The summed E-state index contributed by atoms with van der Waals surface area (Å²) < 4.78 is 0. The number of rotatable bonds is 5. The fourth-order valence-electron chi connectivity index (χ4n) is 2.15. The number of carboxylic acid groups (broad SMARTS) is 1. The number of aliphatic carboxylic acids is 1. The van der Waals surface area contributed by atoms with Crippen molar-refractivity contribution in [2.24, 2.45) is 0 Å². The lowest BCUT2D eigenvalue weighted by molar-refractivity contribution is -0.142. The maximum absolute atomic E-state index is 11.9. The number of phenols is 1.